The summed E-state index contributed by atoms with van der Waals surface area (Å²) in [6, 6.07) is 17.9. The number of nitrogens with one attached hydrogen (secondary N) is 1. The zero-order chi connectivity index (χ0) is 15.0. The Labute approximate surface area is 128 Å². The molecule has 2 aromatic carbocycles. The van der Waals surface area contributed by atoms with Crippen LogP contribution in [0, 0.1) is 5.41 Å². The molecule has 1 N–H and O–H groups in total. The summed E-state index contributed by atoms with van der Waals surface area (Å²) < 4.78 is 0. The minimum absolute atomic E-state index is 0.0343. The zero-order valence-electron chi connectivity index (χ0n) is 12.0. The van der Waals surface area contributed by atoms with Crippen LogP contribution in [-0.4, -0.2) is 12.1 Å². The minimum atomic E-state index is -0.0536. The molecular formula is C18H16N2O2. The van der Waals surface area contributed by atoms with Crippen LogP contribution >= 0.6 is 0 Å². The second kappa shape index (κ2) is 4.98. The fourth-order valence-corrected chi connectivity index (χ4v) is 3.26. The van der Waals surface area contributed by atoms with Gasteiger partial charge >= 0.3 is 0 Å². The molecule has 2 aliphatic rings. The monoisotopic (exact) mass is 292 g/mol. The maximum absolute atomic E-state index is 10.8. The van der Waals surface area contributed by atoms with Crippen LogP contribution in [0.2, 0.25) is 0 Å². The van der Waals surface area contributed by atoms with Crippen molar-refractivity contribution in [1.82, 2.24) is 0 Å². The second-order valence-corrected chi connectivity index (χ2v) is 5.80. The van der Waals surface area contributed by atoms with E-state index < -0.39 is 0 Å². The lowest BCUT2D eigenvalue weighted by molar-refractivity contribution is -0.105. The predicted octanol–water partition coefficient (Wildman–Crippen LogP) is 3.51. The molecule has 2 aromatic rings. The van der Waals surface area contributed by atoms with Gasteiger partial charge in [-0.1, -0.05) is 53.7 Å². The van der Waals surface area contributed by atoms with Crippen molar-refractivity contribution in [2.24, 2.45) is 10.6 Å². The van der Waals surface area contributed by atoms with Gasteiger partial charge in [-0.3, -0.25) is 4.79 Å². The van der Waals surface area contributed by atoms with Gasteiger partial charge in [-0.05, 0) is 24.5 Å². The SMILES string of the molecule is O=CNc1ccccc1C1=NOC(c2ccccc2)C12CC2. The standard InChI is InChI=1S/C18H16N2O2/c21-12-19-15-9-5-4-8-14(15)16-18(10-11-18)17(22-20-16)13-6-2-1-3-7-13/h1-9,12,17H,10-11H2,(H,19,21). The largest absolute Gasteiger partial charge is 0.386 e. The normalized spacial score (nSPS) is 21.1. The van der Waals surface area contributed by atoms with Crippen molar-refractivity contribution in [3.05, 3.63) is 65.7 Å². The Bertz CT molecular complexity index is 736. The highest BCUT2D eigenvalue weighted by atomic mass is 16.6. The Morgan fingerprint density at radius 2 is 1.82 bits per heavy atom. The second-order valence-electron chi connectivity index (χ2n) is 5.80. The third kappa shape index (κ3) is 1.91. The molecule has 1 unspecified atom stereocenters. The first-order valence-electron chi connectivity index (χ1n) is 7.44. The Morgan fingerprint density at radius 3 is 2.55 bits per heavy atom. The van der Waals surface area contributed by atoms with Crippen molar-refractivity contribution in [2.45, 2.75) is 18.9 Å². The molecule has 22 heavy (non-hydrogen) atoms. The molecule has 0 bridgehead atoms. The zero-order valence-corrected chi connectivity index (χ0v) is 12.0. The molecule has 1 amide bonds. The van der Waals surface area contributed by atoms with Crippen LogP contribution in [0.1, 0.15) is 30.1 Å². The number of carbonyl (C=O) groups excluding carboxylic acids is 1. The van der Waals surface area contributed by atoms with E-state index >= 15 is 0 Å². The van der Waals surface area contributed by atoms with Crippen molar-refractivity contribution in [2.75, 3.05) is 5.32 Å². The number of rotatable bonds is 4. The molecule has 1 spiro atoms. The maximum atomic E-state index is 10.8. The van der Waals surface area contributed by atoms with E-state index in [2.05, 4.69) is 22.6 Å². The van der Waals surface area contributed by atoms with Crippen LogP contribution in [0.5, 0.6) is 0 Å². The van der Waals surface area contributed by atoms with Crippen molar-refractivity contribution < 1.29 is 9.63 Å². The molecule has 0 aromatic heterocycles. The average Bonchev–Trinajstić information content (AvgIpc) is 3.25. The Hall–Kier alpha value is -2.62. The summed E-state index contributed by atoms with van der Waals surface area (Å²) in [6.45, 7) is 0. The molecule has 1 aliphatic carbocycles. The number of carbonyl (C=O) groups is 1. The van der Waals surface area contributed by atoms with E-state index in [9.17, 15) is 4.79 Å². The summed E-state index contributed by atoms with van der Waals surface area (Å²) in [4.78, 5) is 16.6. The van der Waals surface area contributed by atoms with Crippen LogP contribution in [0.4, 0.5) is 5.69 Å². The van der Waals surface area contributed by atoms with Gasteiger partial charge in [0.2, 0.25) is 6.41 Å². The number of nitrogens with zero attached hydrogens (tertiary/aromatic N) is 1. The summed E-state index contributed by atoms with van der Waals surface area (Å²) >= 11 is 0. The molecule has 4 rings (SSSR count). The molecule has 0 radical (unpaired) electrons. The van der Waals surface area contributed by atoms with Gasteiger partial charge in [0.1, 0.15) is 0 Å². The molecule has 1 aliphatic heterocycles. The number of oxime groups is 1. The summed E-state index contributed by atoms with van der Waals surface area (Å²) in [5.74, 6) is 0. The molecule has 1 fully saturated rings. The number of para-hydroxylation sites is 1. The third-order valence-electron chi connectivity index (χ3n) is 4.51. The molecule has 1 heterocycles. The Balaban J connectivity index is 1.72. The number of hydrogen-bond acceptors (Lipinski definition) is 3. The third-order valence-corrected chi connectivity index (χ3v) is 4.51. The Kier molecular flexibility index (Phi) is 2.96. The topological polar surface area (TPSA) is 50.7 Å². The van der Waals surface area contributed by atoms with E-state index in [0.717, 1.165) is 35.4 Å². The predicted molar refractivity (Wildman–Crippen MR) is 84.6 cm³/mol. The van der Waals surface area contributed by atoms with Gasteiger partial charge in [-0.15, -0.1) is 0 Å². The van der Waals surface area contributed by atoms with Gasteiger partial charge < -0.3 is 10.2 Å². The molecule has 1 atom stereocenters. The average molecular weight is 292 g/mol. The number of anilines is 1. The quantitative estimate of drug-likeness (QED) is 0.877. The number of benzene rings is 2. The maximum Gasteiger partial charge on any atom is 0.211 e. The fourth-order valence-electron chi connectivity index (χ4n) is 3.26. The summed E-state index contributed by atoms with van der Waals surface area (Å²) in [5, 5.41) is 7.14. The summed E-state index contributed by atoms with van der Waals surface area (Å²) in [5.41, 5.74) is 3.78. The highest BCUT2D eigenvalue weighted by Crippen LogP contribution is 2.62. The molecule has 4 heteroatoms. The van der Waals surface area contributed by atoms with E-state index in [1.54, 1.807) is 0 Å². The van der Waals surface area contributed by atoms with Crippen molar-refractivity contribution in [3.8, 4) is 0 Å². The van der Waals surface area contributed by atoms with Crippen molar-refractivity contribution in [1.29, 1.82) is 0 Å². The van der Waals surface area contributed by atoms with Crippen molar-refractivity contribution in [3.63, 3.8) is 0 Å². The molecule has 0 saturated heterocycles. The van der Waals surface area contributed by atoms with Gasteiger partial charge in [0.25, 0.3) is 0 Å². The molecular weight excluding hydrogens is 276 g/mol. The number of amides is 1. The number of hydrogen-bond donors (Lipinski definition) is 1. The molecule has 4 nitrogen and oxygen atoms in total. The van der Waals surface area contributed by atoms with Gasteiger partial charge in [-0.25, -0.2) is 0 Å². The first kappa shape index (κ1) is 13.1. The van der Waals surface area contributed by atoms with E-state index in [-0.39, 0.29) is 11.5 Å². The summed E-state index contributed by atoms with van der Waals surface area (Å²) in [6.07, 6.45) is 2.78. The minimum Gasteiger partial charge on any atom is -0.386 e. The van der Waals surface area contributed by atoms with Crippen LogP contribution in [0.25, 0.3) is 0 Å². The smallest absolute Gasteiger partial charge is 0.211 e. The van der Waals surface area contributed by atoms with Gasteiger partial charge in [0.05, 0.1) is 11.1 Å². The van der Waals surface area contributed by atoms with E-state index in [0.29, 0.717) is 6.41 Å². The van der Waals surface area contributed by atoms with Crippen molar-refractivity contribution >= 4 is 17.8 Å². The lowest BCUT2D eigenvalue weighted by Crippen LogP contribution is -2.20. The highest BCUT2D eigenvalue weighted by molar-refractivity contribution is 6.11. The van der Waals surface area contributed by atoms with Gasteiger partial charge in [-0.2, -0.15) is 0 Å². The van der Waals surface area contributed by atoms with Crippen LogP contribution in [-0.2, 0) is 9.63 Å². The first-order chi connectivity index (χ1) is 10.8. The van der Waals surface area contributed by atoms with E-state index in [1.165, 1.54) is 0 Å². The van der Waals surface area contributed by atoms with E-state index in [1.807, 2.05) is 42.5 Å². The van der Waals surface area contributed by atoms with E-state index in [4.69, 9.17) is 4.84 Å². The summed E-state index contributed by atoms with van der Waals surface area (Å²) in [7, 11) is 0. The first-order valence-corrected chi connectivity index (χ1v) is 7.44. The lowest BCUT2D eigenvalue weighted by atomic mass is 9.85. The van der Waals surface area contributed by atoms with Gasteiger partial charge in [0.15, 0.2) is 6.10 Å². The Morgan fingerprint density at radius 1 is 1.09 bits per heavy atom. The molecule has 1 saturated carbocycles. The highest BCUT2D eigenvalue weighted by Gasteiger charge is 2.60. The fraction of sp³-hybridized carbons (Fsp3) is 0.222. The van der Waals surface area contributed by atoms with Crippen LogP contribution in [0.3, 0.4) is 0 Å². The van der Waals surface area contributed by atoms with Gasteiger partial charge in [0, 0.05) is 11.3 Å². The lowest BCUT2D eigenvalue weighted by Gasteiger charge is -2.19. The van der Waals surface area contributed by atoms with Crippen LogP contribution in [0.15, 0.2) is 59.8 Å². The molecule has 110 valence electrons. The van der Waals surface area contributed by atoms with Crippen LogP contribution < -0.4 is 5.32 Å².